The highest BCUT2D eigenvalue weighted by Crippen LogP contribution is 2.39. The first-order chi connectivity index (χ1) is 9.21. The van der Waals surface area contributed by atoms with Crippen LogP contribution in [0.3, 0.4) is 0 Å². The van der Waals surface area contributed by atoms with Gasteiger partial charge in [-0.3, -0.25) is 4.79 Å². The molecule has 0 unspecified atom stereocenters. The minimum atomic E-state index is -0.814. The van der Waals surface area contributed by atoms with Crippen LogP contribution in [0.4, 0.5) is 0 Å². The maximum absolute atomic E-state index is 12.0. The molecule has 20 heavy (non-hydrogen) atoms. The van der Waals surface area contributed by atoms with E-state index in [4.69, 9.17) is 23.2 Å². The highest BCUT2D eigenvalue weighted by atomic mass is 35.5. The van der Waals surface area contributed by atoms with Crippen molar-refractivity contribution in [2.75, 3.05) is 6.54 Å². The Morgan fingerprint density at radius 2 is 1.95 bits per heavy atom. The van der Waals surface area contributed by atoms with Crippen LogP contribution in [0, 0.1) is 5.41 Å². The second-order valence-corrected chi connectivity index (χ2v) is 7.20. The van der Waals surface area contributed by atoms with Crippen molar-refractivity contribution < 1.29 is 9.90 Å². The molecule has 4 nitrogen and oxygen atoms in total. The van der Waals surface area contributed by atoms with Gasteiger partial charge in [-0.1, -0.05) is 37.0 Å². The predicted octanol–water partition coefficient (Wildman–Crippen LogP) is 3.38. The lowest BCUT2D eigenvalue weighted by molar-refractivity contribution is -0.0233. The molecule has 3 N–H and O–H groups in total. The maximum atomic E-state index is 12.0. The number of H-pyrrole nitrogens is 1. The minimum Gasteiger partial charge on any atom is -0.388 e. The maximum Gasteiger partial charge on any atom is 0.267 e. The van der Waals surface area contributed by atoms with Crippen LogP contribution < -0.4 is 5.32 Å². The number of aromatic amines is 1. The van der Waals surface area contributed by atoms with Gasteiger partial charge in [0.1, 0.15) is 10.8 Å². The van der Waals surface area contributed by atoms with Gasteiger partial charge in [0.15, 0.2) is 0 Å². The number of aromatic nitrogens is 1. The van der Waals surface area contributed by atoms with E-state index in [-0.39, 0.29) is 23.0 Å². The van der Waals surface area contributed by atoms with Crippen LogP contribution in [-0.4, -0.2) is 28.1 Å². The summed E-state index contributed by atoms with van der Waals surface area (Å²) in [6.45, 7) is 4.65. The first-order valence-corrected chi connectivity index (χ1v) is 7.51. The zero-order chi connectivity index (χ0) is 15.0. The lowest BCUT2D eigenvalue weighted by Crippen LogP contribution is -2.46. The summed E-state index contributed by atoms with van der Waals surface area (Å²) in [5, 5.41) is 13.8. The molecule has 0 atom stereocenters. The van der Waals surface area contributed by atoms with Crippen LogP contribution in [0.25, 0.3) is 0 Å². The molecule has 0 saturated heterocycles. The summed E-state index contributed by atoms with van der Waals surface area (Å²) in [5.41, 5.74) is -0.234. The van der Waals surface area contributed by atoms with E-state index >= 15 is 0 Å². The first-order valence-electron chi connectivity index (χ1n) is 6.75. The molecule has 0 aliphatic heterocycles. The van der Waals surface area contributed by atoms with E-state index in [1.54, 1.807) is 0 Å². The molecule has 1 fully saturated rings. The molecule has 6 heteroatoms. The number of hydrogen-bond acceptors (Lipinski definition) is 2. The van der Waals surface area contributed by atoms with Gasteiger partial charge >= 0.3 is 0 Å². The first kappa shape index (κ1) is 15.7. The van der Waals surface area contributed by atoms with Crippen LogP contribution >= 0.6 is 23.2 Å². The largest absolute Gasteiger partial charge is 0.388 e. The standard InChI is InChI=1S/C14H20Cl2N2O2/c1-13(2)3-5-14(20,6-4-13)8-17-12(19)10-7-9(15)11(16)18-10/h7,18,20H,3-6,8H2,1-2H3,(H,17,19). The van der Waals surface area contributed by atoms with Crippen molar-refractivity contribution in [1.29, 1.82) is 0 Å². The van der Waals surface area contributed by atoms with E-state index in [1.165, 1.54) is 6.07 Å². The number of aliphatic hydroxyl groups is 1. The van der Waals surface area contributed by atoms with Crippen molar-refractivity contribution in [3.63, 3.8) is 0 Å². The average molecular weight is 319 g/mol. The van der Waals surface area contributed by atoms with E-state index in [1.807, 2.05) is 0 Å². The number of amides is 1. The second kappa shape index (κ2) is 5.58. The zero-order valence-electron chi connectivity index (χ0n) is 11.7. The van der Waals surface area contributed by atoms with Crippen LogP contribution in [0.5, 0.6) is 0 Å². The Kier molecular flexibility index (Phi) is 4.38. The lowest BCUT2D eigenvalue weighted by atomic mass is 9.71. The van der Waals surface area contributed by atoms with Gasteiger partial charge in [-0.05, 0) is 37.2 Å². The lowest BCUT2D eigenvalue weighted by Gasteiger charge is -2.40. The second-order valence-electron chi connectivity index (χ2n) is 6.42. The molecule has 1 saturated carbocycles. The summed E-state index contributed by atoms with van der Waals surface area (Å²) in [4.78, 5) is 14.6. The molecule has 1 aliphatic carbocycles. The van der Waals surface area contributed by atoms with Crippen LogP contribution in [0.1, 0.15) is 50.0 Å². The SMILES string of the molecule is CC1(C)CCC(O)(CNC(=O)c2cc(Cl)c(Cl)[nH]2)CC1. The number of nitrogens with one attached hydrogen (secondary N) is 2. The molecule has 2 rings (SSSR count). The third-order valence-corrected chi connectivity index (χ3v) is 4.77. The van der Waals surface area contributed by atoms with Gasteiger partial charge in [-0.15, -0.1) is 0 Å². The fraction of sp³-hybridized carbons (Fsp3) is 0.643. The molecule has 0 aromatic carbocycles. The third kappa shape index (κ3) is 3.68. The molecule has 0 bridgehead atoms. The molecule has 1 aliphatic rings. The van der Waals surface area contributed by atoms with Gasteiger partial charge in [0.2, 0.25) is 0 Å². The molecular formula is C14H20Cl2N2O2. The van der Waals surface area contributed by atoms with E-state index in [0.29, 0.717) is 23.6 Å². The fourth-order valence-electron chi connectivity index (χ4n) is 2.44. The molecule has 1 heterocycles. The number of hydrogen-bond donors (Lipinski definition) is 3. The number of carbonyl (C=O) groups is 1. The summed E-state index contributed by atoms with van der Waals surface area (Å²) in [6, 6.07) is 1.48. The van der Waals surface area contributed by atoms with E-state index in [2.05, 4.69) is 24.1 Å². The van der Waals surface area contributed by atoms with Crippen LogP contribution in [0.15, 0.2) is 6.07 Å². The monoisotopic (exact) mass is 318 g/mol. The highest BCUT2D eigenvalue weighted by Gasteiger charge is 2.36. The van der Waals surface area contributed by atoms with Crippen molar-refractivity contribution >= 4 is 29.1 Å². The smallest absolute Gasteiger partial charge is 0.267 e. The quantitative estimate of drug-likeness (QED) is 0.799. The number of carbonyl (C=O) groups excluding carboxylic acids is 1. The summed E-state index contributed by atoms with van der Waals surface area (Å²) in [6.07, 6.45) is 3.32. The Morgan fingerprint density at radius 3 is 2.45 bits per heavy atom. The van der Waals surface area contributed by atoms with Crippen molar-refractivity contribution in [1.82, 2.24) is 10.3 Å². The zero-order valence-corrected chi connectivity index (χ0v) is 13.2. The molecule has 1 aromatic heterocycles. The Morgan fingerprint density at radius 1 is 1.35 bits per heavy atom. The van der Waals surface area contributed by atoms with Gasteiger partial charge in [0.25, 0.3) is 5.91 Å². The summed E-state index contributed by atoms with van der Waals surface area (Å²) in [7, 11) is 0. The van der Waals surface area contributed by atoms with Crippen molar-refractivity contribution in [2.45, 2.75) is 45.1 Å². The topological polar surface area (TPSA) is 65.1 Å². The summed E-state index contributed by atoms with van der Waals surface area (Å²) in [5.74, 6) is -0.308. The van der Waals surface area contributed by atoms with Crippen LogP contribution in [0.2, 0.25) is 10.2 Å². The van der Waals surface area contributed by atoms with Gasteiger partial charge in [0, 0.05) is 6.54 Å². The molecule has 1 aromatic rings. The normalized spacial score (nSPS) is 20.6. The molecular weight excluding hydrogens is 299 g/mol. The molecule has 0 radical (unpaired) electrons. The fourth-order valence-corrected chi connectivity index (χ4v) is 2.75. The molecule has 0 spiro atoms. The molecule has 1 amide bonds. The van der Waals surface area contributed by atoms with Crippen LogP contribution in [-0.2, 0) is 0 Å². The van der Waals surface area contributed by atoms with Crippen molar-refractivity contribution in [3.8, 4) is 0 Å². The van der Waals surface area contributed by atoms with Gasteiger partial charge in [-0.2, -0.15) is 0 Å². The van der Waals surface area contributed by atoms with Crippen molar-refractivity contribution in [2.24, 2.45) is 5.41 Å². The average Bonchev–Trinajstić information content (AvgIpc) is 2.71. The third-order valence-electron chi connectivity index (χ3n) is 4.08. The van der Waals surface area contributed by atoms with E-state index < -0.39 is 5.60 Å². The minimum absolute atomic E-state index is 0.245. The molecule has 112 valence electrons. The Labute approximate surface area is 128 Å². The summed E-state index contributed by atoms with van der Waals surface area (Å²) < 4.78 is 0. The van der Waals surface area contributed by atoms with Gasteiger partial charge in [-0.25, -0.2) is 0 Å². The van der Waals surface area contributed by atoms with Gasteiger partial charge in [0.05, 0.1) is 10.6 Å². The number of halogens is 2. The highest BCUT2D eigenvalue weighted by molar-refractivity contribution is 6.41. The van der Waals surface area contributed by atoms with E-state index in [0.717, 1.165) is 12.8 Å². The van der Waals surface area contributed by atoms with Crippen molar-refractivity contribution in [3.05, 3.63) is 21.9 Å². The Balaban J connectivity index is 1.90. The van der Waals surface area contributed by atoms with E-state index in [9.17, 15) is 9.90 Å². The predicted molar refractivity (Wildman–Crippen MR) is 80.3 cm³/mol. The van der Waals surface area contributed by atoms with Gasteiger partial charge < -0.3 is 15.4 Å². The summed E-state index contributed by atoms with van der Waals surface area (Å²) >= 11 is 11.6. The Hall–Kier alpha value is -0.710. The Bertz CT molecular complexity index is 482. The number of rotatable bonds is 3.